The van der Waals surface area contributed by atoms with Crippen molar-refractivity contribution >= 4 is 40.8 Å². The monoisotopic (exact) mass is 263 g/mol. The summed E-state index contributed by atoms with van der Waals surface area (Å²) in [6, 6.07) is -0.221. The number of carbonyl (C=O) groups is 1. The van der Waals surface area contributed by atoms with Crippen LogP contribution in [0.2, 0.25) is 0 Å². The Morgan fingerprint density at radius 1 is 1.00 bits per heavy atom. The molecule has 0 aromatic carbocycles. The van der Waals surface area contributed by atoms with Gasteiger partial charge >= 0.3 is 6.03 Å². The van der Waals surface area contributed by atoms with Gasteiger partial charge in [0.15, 0.2) is 0 Å². The van der Waals surface area contributed by atoms with Gasteiger partial charge in [-0.1, -0.05) is 0 Å². The minimum Gasteiger partial charge on any atom is -0.337 e. The van der Waals surface area contributed by atoms with Crippen LogP contribution in [-0.4, -0.2) is 43.3 Å². The van der Waals surface area contributed by atoms with Crippen LogP contribution in [0.4, 0.5) is 4.79 Å². The van der Waals surface area contributed by atoms with Crippen LogP contribution < -0.4 is 16.4 Å². The number of nitrogens with two attached hydrogens (primary N) is 1. The van der Waals surface area contributed by atoms with Crippen molar-refractivity contribution in [2.45, 2.75) is 0 Å². The first-order valence-corrected chi connectivity index (χ1v) is 5.72. The van der Waals surface area contributed by atoms with E-state index < -0.39 is 0 Å². The zero-order valence-corrected chi connectivity index (χ0v) is 10.1. The Hall–Kier alpha value is 0.1000. The maximum Gasteiger partial charge on any atom is 0.314 e. The molecule has 0 rings (SSSR count). The summed E-state index contributed by atoms with van der Waals surface area (Å²) in [7, 11) is 0. The molecule has 14 heavy (non-hydrogen) atoms. The van der Waals surface area contributed by atoms with Crippen LogP contribution in [0.5, 0.6) is 0 Å². The Balaban J connectivity index is 0. The molecule has 0 radical (unpaired) electrons. The van der Waals surface area contributed by atoms with E-state index in [4.69, 9.17) is 40.5 Å². The van der Waals surface area contributed by atoms with Crippen LogP contribution in [-0.2, 0) is 0 Å². The number of nitrogens with one attached hydrogen (secondary N) is 2. The van der Waals surface area contributed by atoms with E-state index in [1.807, 2.05) is 0 Å². The molecule has 86 valence electrons. The number of amides is 2. The van der Waals surface area contributed by atoms with Crippen molar-refractivity contribution in [3.05, 3.63) is 0 Å². The van der Waals surface area contributed by atoms with E-state index in [0.29, 0.717) is 37.3 Å². The summed E-state index contributed by atoms with van der Waals surface area (Å²) in [5.41, 5.74) is 4.90. The molecule has 0 fully saturated rings. The Morgan fingerprint density at radius 2 is 1.36 bits per heavy atom. The number of hydrogen-bond acceptors (Lipinski definition) is 2. The quantitative estimate of drug-likeness (QED) is 0.647. The largest absolute Gasteiger partial charge is 0.337 e. The van der Waals surface area contributed by atoms with Crippen molar-refractivity contribution in [1.29, 1.82) is 0 Å². The number of urea groups is 1. The Labute approximate surface area is 99.4 Å². The Morgan fingerprint density at radius 3 is 1.57 bits per heavy atom. The third-order valence-electron chi connectivity index (χ3n) is 0.869. The molecule has 4 N–H and O–H groups in total. The highest BCUT2D eigenvalue weighted by atomic mass is 35.5. The first-order chi connectivity index (χ1) is 6.72. The van der Waals surface area contributed by atoms with E-state index in [9.17, 15) is 4.79 Å². The molecule has 0 aromatic heterocycles. The number of alkyl halides is 3. The summed E-state index contributed by atoms with van der Waals surface area (Å²) >= 11 is 15.7. The lowest BCUT2D eigenvalue weighted by atomic mass is 10.7. The van der Waals surface area contributed by atoms with Gasteiger partial charge in [0.05, 0.1) is 0 Å². The lowest BCUT2D eigenvalue weighted by Crippen LogP contribution is -2.37. The predicted octanol–water partition coefficient (Wildman–Crippen LogP) is 0.947. The van der Waals surface area contributed by atoms with Gasteiger partial charge in [-0.25, -0.2) is 4.79 Å². The third kappa shape index (κ3) is 18.0. The second-order valence-corrected chi connectivity index (χ2v) is 3.17. The van der Waals surface area contributed by atoms with Gasteiger partial charge in [0.2, 0.25) is 0 Å². The van der Waals surface area contributed by atoms with Gasteiger partial charge in [-0.15, -0.1) is 34.8 Å². The molecule has 0 unspecified atom stereocenters. The molecule has 7 heteroatoms. The standard InChI is InChI=1S/C5H10Cl2N2O.C2H6ClN/c6-1-3-8-5(10)9-4-2-7;3-1-2-4/h1-4H2,(H2,8,9,10);1-2,4H2. The highest BCUT2D eigenvalue weighted by Gasteiger charge is 1.94. The summed E-state index contributed by atoms with van der Waals surface area (Å²) in [6.45, 7) is 1.55. The highest BCUT2D eigenvalue weighted by Crippen LogP contribution is 1.72. The van der Waals surface area contributed by atoms with Gasteiger partial charge in [0.25, 0.3) is 0 Å². The lowest BCUT2D eigenvalue weighted by molar-refractivity contribution is 0.242. The number of rotatable bonds is 5. The smallest absolute Gasteiger partial charge is 0.314 e. The minimum absolute atomic E-state index is 0.221. The second-order valence-electron chi connectivity index (χ2n) is 2.04. The van der Waals surface area contributed by atoms with Crippen LogP contribution in [0, 0.1) is 0 Å². The second kappa shape index (κ2) is 15.6. The van der Waals surface area contributed by atoms with Gasteiger partial charge in [0.1, 0.15) is 0 Å². The third-order valence-corrected chi connectivity index (χ3v) is 1.47. The van der Waals surface area contributed by atoms with E-state index in [0.717, 1.165) is 0 Å². The summed E-state index contributed by atoms with van der Waals surface area (Å²) in [5, 5.41) is 5.05. The molecule has 2 amide bonds. The predicted molar refractivity (Wildman–Crippen MR) is 62.6 cm³/mol. The fourth-order valence-corrected chi connectivity index (χ4v) is 0.573. The molecule has 0 atom stereocenters. The average Bonchev–Trinajstić information content (AvgIpc) is 2.23. The molecule has 4 nitrogen and oxygen atoms in total. The first-order valence-electron chi connectivity index (χ1n) is 4.12. The van der Waals surface area contributed by atoms with Crippen molar-refractivity contribution in [3.8, 4) is 0 Å². The highest BCUT2D eigenvalue weighted by molar-refractivity contribution is 6.18. The molecular weight excluding hydrogens is 248 g/mol. The number of hydrogen-bond donors (Lipinski definition) is 3. The van der Waals surface area contributed by atoms with Crippen LogP contribution in [0.1, 0.15) is 0 Å². The van der Waals surface area contributed by atoms with Crippen molar-refractivity contribution in [3.63, 3.8) is 0 Å². The topological polar surface area (TPSA) is 67.2 Å². The molecule has 0 saturated carbocycles. The van der Waals surface area contributed by atoms with Crippen molar-refractivity contribution in [2.24, 2.45) is 5.73 Å². The maximum absolute atomic E-state index is 10.6. The van der Waals surface area contributed by atoms with Crippen molar-refractivity contribution in [2.75, 3.05) is 37.3 Å². The van der Waals surface area contributed by atoms with E-state index in [1.54, 1.807) is 0 Å². The van der Waals surface area contributed by atoms with Gasteiger partial charge in [-0.3, -0.25) is 0 Å². The molecular formula is C7H16Cl3N3O. The summed E-state index contributed by atoms with van der Waals surface area (Å²) in [6.07, 6.45) is 0. The summed E-state index contributed by atoms with van der Waals surface area (Å²) in [5.74, 6) is 1.42. The minimum atomic E-state index is -0.221. The van der Waals surface area contributed by atoms with Crippen LogP contribution >= 0.6 is 34.8 Å². The molecule has 0 aliphatic heterocycles. The zero-order valence-electron chi connectivity index (χ0n) is 7.86. The van der Waals surface area contributed by atoms with Gasteiger partial charge in [-0.05, 0) is 0 Å². The average molecular weight is 265 g/mol. The molecule has 0 aliphatic carbocycles. The molecule has 0 aliphatic rings. The van der Waals surface area contributed by atoms with E-state index in [2.05, 4.69) is 10.6 Å². The zero-order chi connectivity index (χ0) is 11.2. The van der Waals surface area contributed by atoms with Crippen LogP contribution in [0.3, 0.4) is 0 Å². The molecule has 0 saturated heterocycles. The van der Waals surface area contributed by atoms with Gasteiger partial charge < -0.3 is 16.4 Å². The van der Waals surface area contributed by atoms with Gasteiger partial charge in [-0.2, -0.15) is 0 Å². The van der Waals surface area contributed by atoms with Crippen LogP contribution in [0.15, 0.2) is 0 Å². The van der Waals surface area contributed by atoms with E-state index in [1.165, 1.54) is 0 Å². The fourth-order valence-electron chi connectivity index (χ4n) is 0.384. The number of halogens is 3. The maximum atomic E-state index is 10.6. The van der Waals surface area contributed by atoms with E-state index >= 15 is 0 Å². The van der Waals surface area contributed by atoms with Crippen LogP contribution in [0.25, 0.3) is 0 Å². The van der Waals surface area contributed by atoms with E-state index in [-0.39, 0.29) is 6.03 Å². The van der Waals surface area contributed by atoms with Gasteiger partial charge in [0, 0.05) is 37.3 Å². The molecule has 0 bridgehead atoms. The van der Waals surface area contributed by atoms with Crippen molar-refractivity contribution in [1.82, 2.24) is 10.6 Å². The summed E-state index contributed by atoms with van der Waals surface area (Å²) in [4.78, 5) is 10.6. The lowest BCUT2D eigenvalue weighted by Gasteiger charge is -2.02. The molecule has 0 spiro atoms. The Kier molecular flexibility index (Phi) is 18.4. The summed E-state index contributed by atoms with van der Waals surface area (Å²) < 4.78 is 0. The molecule has 0 heterocycles. The normalized spacial score (nSPS) is 8.57. The molecule has 0 aromatic rings. The first kappa shape index (κ1) is 16.5. The SMILES string of the molecule is NCCCl.O=C(NCCCl)NCCCl. The van der Waals surface area contributed by atoms with Crippen molar-refractivity contribution < 1.29 is 4.79 Å². The number of carbonyl (C=O) groups excluding carboxylic acids is 1. The fraction of sp³-hybridized carbons (Fsp3) is 0.857. The Bertz CT molecular complexity index is 115.